The lowest BCUT2D eigenvalue weighted by Crippen LogP contribution is -2.34. The van der Waals surface area contributed by atoms with Crippen LogP contribution >= 0.6 is 11.8 Å². The molecule has 9 heavy (non-hydrogen) atoms. The Hall–Kier alpha value is 0.350. The van der Waals surface area contributed by atoms with E-state index in [0.29, 0.717) is 0 Å². The third-order valence-electron chi connectivity index (χ3n) is 2.15. The molecular weight excluding hydrogens is 128 g/mol. The summed E-state index contributed by atoms with van der Waals surface area (Å²) >= 11 is 2.15. The Kier molecular flexibility index (Phi) is 2.45. The normalized spacial score (nSPS) is 34.7. The lowest BCUT2D eigenvalue weighted by Gasteiger charge is -2.38. The molecule has 0 aromatic rings. The summed E-state index contributed by atoms with van der Waals surface area (Å²) in [7, 11) is 0. The van der Waals surface area contributed by atoms with Gasteiger partial charge in [-0.2, -0.15) is 11.8 Å². The SMILES string of the molecule is CCC1CSC1C(C)C. The van der Waals surface area contributed by atoms with E-state index < -0.39 is 0 Å². The van der Waals surface area contributed by atoms with Gasteiger partial charge in [-0.25, -0.2) is 0 Å². The molecule has 0 bridgehead atoms. The lowest BCUT2D eigenvalue weighted by atomic mass is 9.95. The zero-order valence-corrected chi connectivity index (χ0v) is 7.37. The van der Waals surface area contributed by atoms with Crippen molar-refractivity contribution in [3.63, 3.8) is 0 Å². The van der Waals surface area contributed by atoms with Crippen molar-refractivity contribution >= 4 is 11.8 Å². The summed E-state index contributed by atoms with van der Waals surface area (Å²) < 4.78 is 0. The molecule has 1 aliphatic heterocycles. The van der Waals surface area contributed by atoms with Gasteiger partial charge in [0.25, 0.3) is 0 Å². The predicted octanol–water partition coefficient (Wildman–Crippen LogP) is 2.78. The van der Waals surface area contributed by atoms with Crippen molar-refractivity contribution < 1.29 is 0 Å². The molecule has 0 radical (unpaired) electrons. The molecule has 2 atom stereocenters. The summed E-state index contributed by atoms with van der Waals surface area (Å²) in [6.45, 7) is 6.97. The minimum Gasteiger partial charge on any atom is -0.158 e. The van der Waals surface area contributed by atoms with Crippen molar-refractivity contribution in [3.05, 3.63) is 0 Å². The van der Waals surface area contributed by atoms with Gasteiger partial charge < -0.3 is 0 Å². The second-order valence-corrected chi connectivity index (χ2v) is 4.42. The van der Waals surface area contributed by atoms with E-state index in [4.69, 9.17) is 0 Å². The fourth-order valence-corrected chi connectivity index (χ4v) is 2.93. The standard InChI is InChI=1S/C8H16S/c1-4-7-5-9-8(7)6(2)3/h6-8H,4-5H2,1-3H3. The van der Waals surface area contributed by atoms with E-state index in [0.717, 1.165) is 17.1 Å². The van der Waals surface area contributed by atoms with E-state index in [1.807, 2.05) is 0 Å². The minimum atomic E-state index is 0.897. The summed E-state index contributed by atoms with van der Waals surface area (Å²) in [5.41, 5.74) is 0. The van der Waals surface area contributed by atoms with Crippen LogP contribution in [-0.2, 0) is 0 Å². The van der Waals surface area contributed by atoms with Crippen LogP contribution in [0.15, 0.2) is 0 Å². The average molecular weight is 144 g/mol. The first-order valence-corrected chi connectivity index (χ1v) is 4.92. The zero-order valence-electron chi connectivity index (χ0n) is 6.55. The van der Waals surface area contributed by atoms with Crippen LogP contribution in [0.5, 0.6) is 0 Å². The van der Waals surface area contributed by atoms with Crippen molar-refractivity contribution in [3.8, 4) is 0 Å². The monoisotopic (exact) mass is 144 g/mol. The Bertz CT molecular complexity index is 86.6. The molecule has 1 saturated heterocycles. The van der Waals surface area contributed by atoms with Gasteiger partial charge in [-0.05, 0) is 17.6 Å². The van der Waals surface area contributed by atoms with Gasteiger partial charge in [-0.1, -0.05) is 27.2 Å². The number of rotatable bonds is 2. The molecule has 54 valence electrons. The van der Waals surface area contributed by atoms with E-state index in [-0.39, 0.29) is 0 Å². The van der Waals surface area contributed by atoms with E-state index in [1.54, 1.807) is 0 Å². The molecular formula is C8H16S. The van der Waals surface area contributed by atoms with Crippen molar-refractivity contribution in [2.75, 3.05) is 5.75 Å². The van der Waals surface area contributed by atoms with Crippen LogP contribution < -0.4 is 0 Å². The van der Waals surface area contributed by atoms with Crippen LogP contribution in [0.25, 0.3) is 0 Å². The van der Waals surface area contributed by atoms with Gasteiger partial charge in [0, 0.05) is 5.25 Å². The van der Waals surface area contributed by atoms with Gasteiger partial charge in [0.15, 0.2) is 0 Å². The van der Waals surface area contributed by atoms with Crippen molar-refractivity contribution in [2.24, 2.45) is 11.8 Å². The fraction of sp³-hybridized carbons (Fsp3) is 1.00. The van der Waals surface area contributed by atoms with Crippen molar-refractivity contribution in [1.82, 2.24) is 0 Å². The maximum atomic E-state index is 2.33. The second-order valence-electron chi connectivity index (χ2n) is 3.21. The first-order valence-electron chi connectivity index (χ1n) is 3.87. The van der Waals surface area contributed by atoms with E-state index >= 15 is 0 Å². The van der Waals surface area contributed by atoms with Gasteiger partial charge >= 0.3 is 0 Å². The highest BCUT2D eigenvalue weighted by atomic mass is 32.2. The Morgan fingerprint density at radius 3 is 2.33 bits per heavy atom. The van der Waals surface area contributed by atoms with Crippen LogP contribution in [0.1, 0.15) is 27.2 Å². The topological polar surface area (TPSA) is 0 Å². The molecule has 2 unspecified atom stereocenters. The zero-order chi connectivity index (χ0) is 6.85. The van der Waals surface area contributed by atoms with Crippen molar-refractivity contribution in [1.29, 1.82) is 0 Å². The third-order valence-corrected chi connectivity index (χ3v) is 4.08. The maximum absolute atomic E-state index is 2.33. The Morgan fingerprint density at radius 1 is 1.56 bits per heavy atom. The molecule has 0 aromatic heterocycles. The Morgan fingerprint density at radius 2 is 2.22 bits per heavy atom. The smallest absolute Gasteiger partial charge is 0.0106 e. The fourth-order valence-electron chi connectivity index (χ4n) is 1.43. The molecule has 0 aromatic carbocycles. The first kappa shape index (κ1) is 7.46. The van der Waals surface area contributed by atoms with Crippen LogP contribution in [0.2, 0.25) is 0 Å². The van der Waals surface area contributed by atoms with Crippen LogP contribution in [-0.4, -0.2) is 11.0 Å². The average Bonchev–Trinajstić information content (AvgIpc) is 1.61. The third kappa shape index (κ3) is 1.43. The molecule has 1 heterocycles. The van der Waals surface area contributed by atoms with E-state index in [9.17, 15) is 0 Å². The summed E-state index contributed by atoms with van der Waals surface area (Å²) in [5.74, 6) is 3.35. The number of hydrogen-bond acceptors (Lipinski definition) is 1. The molecule has 1 heteroatoms. The van der Waals surface area contributed by atoms with Crippen LogP contribution in [0.4, 0.5) is 0 Å². The highest BCUT2D eigenvalue weighted by Gasteiger charge is 2.31. The van der Waals surface area contributed by atoms with E-state index in [2.05, 4.69) is 32.5 Å². The summed E-state index contributed by atoms with van der Waals surface area (Å²) in [6, 6.07) is 0. The highest BCUT2D eigenvalue weighted by Crippen LogP contribution is 2.40. The van der Waals surface area contributed by atoms with Crippen molar-refractivity contribution in [2.45, 2.75) is 32.4 Å². The Balaban J connectivity index is 2.27. The van der Waals surface area contributed by atoms with Gasteiger partial charge in [0.05, 0.1) is 0 Å². The Labute approximate surface area is 62.4 Å². The molecule has 0 N–H and O–H groups in total. The predicted molar refractivity (Wildman–Crippen MR) is 44.9 cm³/mol. The molecule has 0 nitrogen and oxygen atoms in total. The van der Waals surface area contributed by atoms with Crippen LogP contribution in [0.3, 0.4) is 0 Å². The lowest BCUT2D eigenvalue weighted by molar-refractivity contribution is 0.421. The molecule has 0 amide bonds. The molecule has 0 saturated carbocycles. The molecule has 0 spiro atoms. The quantitative estimate of drug-likeness (QED) is 0.574. The van der Waals surface area contributed by atoms with E-state index in [1.165, 1.54) is 12.2 Å². The van der Waals surface area contributed by atoms with Gasteiger partial charge in [-0.3, -0.25) is 0 Å². The molecule has 1 aliphatic rings. The van der Waals surface area contributed by atoms with Gasteiger partial charge in [0.1, 0.15) is 0 Å². The number of thioether (sulfide) groups is 1. The molecule has 1 fully saturated rings. The molecule has 1 rings (SSSR count). The van der Waals surface area contributed by atoms with Crippen LogP contribution in [0, 0.1) is 11.8 Å². The summed E-state index contributed by atoms with van der Waals surface area (Å²) in [4.78, 5) is 0. The van der Waals surface area contributed by atoms with Gasteiger partial charge in [-0.15, -0.1) is 0 Å². The highest BCUT2D eigenvalue weighted by molar-refractivity contribution is 8.01. The maximum Gasteiger partial charge on any atom is 0.0106 e. The number of hydrogen-bond donors (Lipinski definition) is 0. The van der Waals surface area contributed by atoms with Gasteiger partial charge in [0.2, 0.25) is 0 Å². The first-order chi connectivity index (χ1) is 4.25. The minimum absolute atomic E-state index is 0.897. The summed E-state index contributed by atoms with van der Waals surface area (Å²) in [5, 5.41) is 0.981. The largest absolute Gasteiger partial charge is 0.158 e. The summed E-state index contributed by atoms with van der Waals surface area (Å²) in [6.07, 6.45) is 1.38. The molecule has 0 aliphatic carbocycles. The second kappa shape index (κ2) is 2.96.